The van der Waals surface area contributed by atoms with Crippen LogP contribution in [0, 0.1) is 11.3 Å². The van der Waals surface area contributed by atoms with Gasteiger partial charge in [0.2, 0.25) is 0 Å². The van der Waals surface area contributed by atoms with Crippen molar-refractivity contribution in [1.82, 2.24) is 14.6 Å². The molecule has 0 bridgehead atoms. The van der Waals surface area contributed by atoms with E-state index in [1.807, 2.05) is 30.3 Å². The Morgan fingerprint density at radius 2 is 1.89 bits per heavy atom. The summed E-state index contributed by atoms with van der Waals surface area (Å²) in [4.78, 5) is 6.46. The summed E-state index contributed by atoms with van der Waals surface area (Å²) in [5.41, 5.74) is 5.53. The molecule has 4 aromatic rings. The summed E-state index contributed by atoms with van der Waals surface area (Å²) in [6, 6.07) is 20.1. The van der Waals surface area contributed by atoms with Crippen molar-refractivity contribution in [3.63, 3.8) is 0 Å². The van der Waals surface area contributed by atoms with Gasteiger partial charge < -0.3 is 4.90 Å². The van der Waals surface area contributed by atoms with Crippen LogP contribution in [0.2, 0.25) is 5.02 Å². The largest absolute Gasteiger partial charge is 0.374 e. The van der Waals surface area contributed by atoms with Gasteiger partial charge in [0, 0.05) is 37.6 Å². The van der Waals surface area contributed by atoms with Gasteiger partial charge in [0.15, 0.2) is 5.65 Å². The molecule has 0 fully saturated rings. The molecule has 4 rings (SSSR count). The molecule has 0 unspecified atom stereocenters. The first kappa shape index (κ1) is 18.0. The van der Waals surface area contributed by atoms with Crippen molar-refractivity contribution >= 4 is 22.9 Å². The van der Waals surface area contributed by atoms with Gasteiger partial charge >= 0.3 is 0 Å². The number of fused-ring (bicyclic) bond motifs is 1. The highest BCUT2D eigenvalue weighted by Crippen LogP contribution is 2.25. The van der Waals surface area contributed by atoms with Gasteiger partial charge in [0.1, 0.15) is 5.02 Å². The molecule has 0 atom stereocenters. The summed E-state index contributed by atoms with van der Waals surface area (Å²) < 4.78 is 1.79. The Labute approximate surface area is 168 Å². The lowest BCUT2D eigenvalue weighted by molar-refractivity contribution is 0.790. The minimum atomic E-state index is 0.559. The average Bonchev–Trinajstić information content (AvgIpc) is 3.13. The second-order valence-corrected chi connectivity index (χ2v) is 6.95. The van der Waals surface area contributed by atoms with Crippen LogP contribution in [0.25, 0.3) is 16.8 Å². The number of nitriles is 1. The van der Waals surface area contributed by atoms with Crippen LogP contribution >= 0.6 is 11.6 Å². The first-order valence-corrected chi connectivity index (χ1v) is 9.33. The van der Waals surface area contributed by atoms with Crippen molar-refractivity contribution in [1.29, 1.82) is 5.26 Å². The normalized spacial score (nSPS) is 10.8. The van der Waals surface area contributed by atoms with Gasteiger partial charge in [-0.25, -0.2) is 9.50 Å². The maximum absolute atomic E-state index is 9.30. The number of hydrogen-bond acceptors (Lipinski definition) is 4. The second kappa shape index (κ2) is 7.71. The third kappa shape index (κ3) is 3.42. The number of anilines is 1. The standard InChI is InChI=1S/C22H18ClN5/c1-27(13-11-19-10-12-25-22-21(23)15-26-28(19)22)18-8-6-16(7-9-18)20-5-3-2-4-17(20)14-24/h2-10,12,15H,11,13H2,1H3. The lowest BCUT2D eigenvalue weighted by Crippen LogP contribution is -2.21. The second-order valence-electron chi connectivity index (χ2n) is 6.54. The summed E-state index contributed by atoms with van der Waals surface area (Å²) in [5.74, 6) is 0. The van der Waals surface area contributed by atoms with Crippen LogP contribution in [-0.2, 0) is 6.42 Å². The van der Waals surface area contributed by atoms with Crippen molar-refractivity contribution in [2.24, 2.45) is 0 Å². The van der Waals surface area contributed by atoms with Gasteiger partial charge in [-0.15, -0.1) is 0 Å². The zero-order valence-corrected chi connectivity index (χ0v) is 16.1. The van der Waals surface area contributed by atoms with Crippen LogP contribution in [0.5, 0.6) is 0 Å². The van der Waals surface area contributed by atoms with E-state index in [0.29, 0.717) is 16.2 Å². The smallest absolute Gasteiger partial charge is 0.174 e. The molecule has 28 heavy (non-hydrogen) atoms. The van der Waals surface area contributed by atoms with Gasteiger partial charge in [0.05, 0.1) is 17.8 Å². The molecule has 0 aliphatic rings. The summed E-state index contributed by atoms with van der Waals surface area (Å²) in [6.45, 7) is 0.824. The lowest BCUT2D eigenvalue weighted by atomic mass is 10.0. The fourth-order valence-corrected chi connectivity index (χ4v) is 3.41. The quantitative estimate of drug-likeness (QED) is 0.502. The van der Waals surface area contributed by atoms with E-state index < -0.39 is 0 Å². The number of nitrogens with zero attached hydrogens (tertiary/aromatic N) is 5. The first-order valence-electron chi connectivity index (χ1n) is 8.95. The molecule has 0 aliphatic heterocycles. The van der Waals surface area contributed by atoms with Crippen LogP contribution in [0.4, 0.5) is 5.69 Å². The van der Waals surface area contributed by atoms with Crippen molar-refractivity contribution < 1.29 is 0 Å². The molecule has 0 aliphatic carbocycles. The molecule has 2 aromatic carbocycles. The highest BCUT2D eigenvalue weighted by Gasteiger charge is 2.09. The topological polar surface area (TPSA) is 57.2 Å². The molecule has 138 valence electrons. The van der Waals surface area contributed by atoms with Crippen LogP contribution < -0.4 is 4.90 Å². The predicted octanol–water partition coefficient (Wildman–Crippen LogP) is 4.60. The molecular formula is C22H18ClN5. The number of benzene rings is 2. The highest BCUT2D eigenvalue weighted by molar-refractivity contribution is 6.33. The van der Waals surface area contributed by atoms with Crippen LogP contribution in [-0.4, -0.2) is 28.2 Å². The zero-order chi connectivity index (χ0) is 19.5. The Hall–Kier alpha value is -3.36. The molecule has 0 radical (unpaired) electrons. The number of halogens is 1. The molecule has 0 saturated heterocycles. The van der Waals surface area contributed by atoms with Crippen molar-refractivity contribution in [3.05, 3.63) is 83.3 Å². The van der Waals surface area contributed by atoms with E-state index >= 15 is 0 Å². The summed E-state index contributed by atoms with van der Waals surface area (Å²) in [6.07, 6.45) is 4.20. The predicted molar refractivity (Wildman–Crippen MR) is 112 cm³/mol. The zero-order valence-electron chi connectivity index (χ0n) is 15.4. The van der Waals surface area contributed by atoms with Crippen molar-refractivity contribution in [3.8, 4) is 17.2 Å². The van der Waals surface area contributed by atoms with E-state index in [4.69, 9.17) is 11.6 Å². The van der Waals surface area contributed by atoms with Crippen molar-refractivity contribution in [2.45, 2.75) is 6.42 Å². The molecule has 5 nitrogen and oxygen atoms in total. The van der Waals surface area contributed by atoms with Crippen LogP contribution in [0.15, 0.2) is 67.0 Å². The highest BCUT2D eigenvalue weighted by atomic mass is 35.5. The van der Waals surface area contributed by atoms with E-state index in [1.54, 1.807) is 16.9 Å². The van der Waals surface area contributed by atoms with Gasteiger partial charge in [-0.3, -0.25) is 0 Å². The molecule has 0 amide bonds. The van der Waals surface area contributed by atoms with E-state index in [2.05, 4.69) is 52.4 Å². The maximum atomic E-state index is 9.30. The number of rotatable bonds is 5. The SMILES string of the molecule is CN(CCc1ccnc2c(Cl)cnn12)c1ccc(-c2ccccc2C#N)cc1. The third-order valence-electron chi connectivity index (χ3n) is 4.81. The minimum absolute atomic E-state index is 0.559. The molecule has 2 heterocycles. The molecule has 0 N–H and O–H groups in total. The van der Waals surface area contributed by atoms with E-state index in [9.17, 15) is 5.26 Å². The van der Waals surface area contributed by atoms with Gasteiger partial charge in [-0.2, -0.15) is 10.4 Å². The lowest BCUT2D eigenvalue weighted by Gasteiger charge is -2.20. The Morgan fingerprint density at radius 3 is 2.68 bits per heavy atom. The first-order chi connectivity index (χ1) is 13.7. The van der Waals surface area contributed by atoms with E-state index in [-0.39, 0.29) is 0 Å². The van der Waals surface area contributed by atoms with Gasteiger partial charge in [-0.05, 0) is 35.4 Å². The fourth-order valence-electron chi connectivity index (χ4n) is 3.24. The summed E-state index contributed by atoms with van der Waals surface area (Å²) >= 11 is 6.11. The number of aromatic nitrogens is 3. The van der Waals surface area contributed by atoms with E-state index in [1.165, 1.54) is 0 Å². The molecule has 2 aromatic heterocycles. The van der Waals surface area contributed by atoms with Gasteiger partial charge in [0.25, 0.3) is 0 Å². The van der Waals surface area contributed by atoms with Gasteiger partial charge in [-0.1, -0.05) is 41.9 Å². The monoisotopic (exact) mass is 387 g/mol. The maximum Gasteiger partial charge on any atom is 0.174 e. The summed E-state index contributed by atoms with van der Waals surface area (Å²) in [7, 11) is 2.06. The Morgan fingerprint density at radius 1 is 1.11 bits per heavy atom. The molecule has 6 heteroatoms. The Kier molecular flexibility index (Phi) is 4.96. The average molecular weight is 388 g/mol. The van der Waals surface area contributed by atoms with Crippen LogP contribution in [0.3, 0.4) is 0 Å². The Balaban J connectivity index is 1.49. The summed E-state index contributed by atoms with van der Waals surface area (Å²) in [5, 5.41) is 14.2. The third-order valence-corrected chi connectivity index (χ3v) is 5.07. The fraction of sp³-hybridized carbons (Fsp3) is 0.136. The number of hydrogen-bond donors (Lipinski definition) is 0. The van der Waals surface area contributed by atoms with Crippen LogP contribution in [0.1, 0.15) is 11.3 Å². The molecule has 0 saturated carbocycles. The minimum Gasteiger partial charge on any atom is -0.374 e. The van der Waals surface area contributed by atoms with Crippen molar-refractivity contribution in [2.75, 3.05) is 18.5 Å². The molecular weight excluding hydrogens is 370 g/mol. The Bertz CT molecular complexity index is 1160. The van der Waals surface area contributed by atoms with E-state index in [0.717, 1.165) is 35.5 Å². The number of likely N-dealkylation sites (N-methyl/N-ethyl adjacent to an activating group) is 1. The molecule has 0 spiro atoms.